The van der Waals surface area contributed by atoms with E-state index in [0.29, 0.717) is 23.7 Å². The lowest BCUT2D eigenvalue weighted by atomic mass is 9.94. The highest BCUT2D eigenvalue weighted by Crippen LogP contribution is 2.23. The average molecular weight is 396 g/mol. The maximum atomic E-state index is 12.6. The van der Waals surface area contributed by atoms with Crippen LogP contribution in [0.15, 0.2) is 17.0 Å². The van der Waals surface area contributed by atoms with Crippen LogP contribution in [0.4, 0.5) is 0 Å². The summed E-state index contributed by atoms with van der Waals surface area (Å²) in [6, 6.07) is 3.84. The van der Waals surface area contributed by atoms with Crippen molar-refractivity contribution in [3.8, 4) is 0 Å². The molecule has 6 nitrogen and oxygen atoms in total. The van der Waals surface area contributed by atoms with Crippen molar-refractivity contribution >= 4 is 15.9 Å². The van der Waals surface area contributed by atoms with Gasteiger partial charge in [-0.25, -0.2) is 12.7 Å². The largest absolute Gasteiger partial charge is 0.351 e. The van der Waals surface area contributed by atoms with Crippen molar-refractivity contribution in [3.05, 3.63) is 28.8 Å². The highest BCUT2D eigenvalue weighted by molar-refractivity contribution is 7.89. The van der Waals surface area contributed by atoms with Crippen LogP contribution < -0.4 is 5.32 Å². The fourth-order valence-corrected chi connectivity index (χ4v) is 4.79. The predicted molar refractivity (Wildman–Crippen MR) is 109 cm³/mol. The van der Waals surface area contributed by atoms with E-state index in [-0.39, 0.29) is 10.8 Å². The zero-order valence-corrected chi connectivity index (χ0v) is 18.0. The summed E-state index contributed by atoms with van der Waals surface area (Å²) >= 11 is 0. The Morgan fingerprint density at radius 3 is 2.33 bits per heavy atom. The lowest BCUT2D eigenvalue weighted by Gasteiger charge is -2.31. The van der Waals surface area contributed by atoms with Gasteiger partial charge in [0.05, 0.1) is 4.90 Å². The molecule has 1 aliphatic carbocycles. The van der Waals surface area contributed by atoms with Gasteiger partial charge in [0.25, 0.3) is 5.91 Å². The predicted octanol–water partition coefficient (Wildman–Crippen LogP) is 2.55. The van der Waals surface area contributed by atoms with Gasteiger partial charge in [0.2, 0.25) is 10.0 Å². The van der Waals surface area contributed by atoms with Crippen molar-refractivity contribution in [2.24, 2.45) is 0 Å². The molecular weight excluding hydrogens is 362 g/mol. The summed E-state index contributed by atoms with van der Waals surface area (Å²) in [4.78, 5) is 15.1. The van der Waals surface area contributed by atoms with E-state index in [0.717, 1.165) is 12.1 Å². The van der Waals surface area contributed by atoms with E-state index in [1.54, 1.807) is 13.0 Å². The molecule has 1 N–H and O–H groups in total. The minimum atomic E-state index is -3.59. The highest BCUT2D eigenvalue weighted by atomic mass is 32.2. The molecular formula is C20H33N3O3S. The molecule has 0 radical (unpaired) electrons. The molecule has 0 saturated heterocycles. The molecule has 7 heteroatoms. The molecule has 0 aliphatic heterocycles. The van der Waals surface area contributed by atoms with Crippen LogP contribution >= 0.6 is 0 Å². The van der Waals surface area contributed by atoms with Gasteiger partial charge < -0.3 is 10.2 Å². The second kappa shape index (κ2) is 9.17. The molecule has 0 heterocycles. The Balaban J connectivity index is 2.05. The summed E-state index contributed by atoms with van der Waals surface area (Å²) < 4.78 is 26.3. The molecule has 0 aromatic heterocycles. The van der Waals surface area contributed by atoms with Gasteiger partial charge in [-0.15, -0.1) is 0 Å². The molecule has 0 bridgehead atoms. The molecule has 1 aromatic carbocycles. The van der Waals surface area contributed by atoms with E-state index in [4.69, 9.17) is 0 Å². The monoisotopic (exact) mass is 395 g/mol. The van der Waals surface area contributed by atoms with Gasteiger partial charge in [0, 0.05) is 38.8 Å². The van der Waals surface area contributed by atoms with E-state index in [1.807, 2.05) is 6.92 Å². The normalized spacial score (nSPS) is 16.1. The number of nitrogens with zero attached hydrogens (tertiary/aromatic N) is 2. The molecule has 1 amide bonds. The number of rotatable bonds is 7. The molecule has 1 saturated carbocycles. The molecule has 1 aromatic rings. The number of likely N-dealkylation sites (N-methyl/N-ethyl adjacent to an activating group) is 1. The van der Waals surface area contributed by atoms with Crippen LogP contribution in [0.5, 0.6) is 0 Å². The number of sulfonamides is 1. The quantitative estimate of drug-likeness (QED) is 0.770. The Bertz CT molecular complexity index is 769. The Hall–Kier alpha value is -1.44. The maximum Gasteiger partial charge on any atom is 0.251 e. The molecule has 0 atom stereocenters. The number of aryl methyl sites for hydroxylation is 1. The minimum absolute atomic E-state index is 0.192. The SMILES string of the molecule is Cc1cc(C(=O)NCCN(C)C2CCCCC2)cc(S(=O)(=O)N(C)C)c1C. The molecule has 1 aliphatic rings. The molecule has 152 valence electrons. The van der Waals surface area contributed by atoms with Crippen molar-refractivity contribution in [3.63, 3.8) is 0 Å². The van der Waals surface area contributed by atoms with Crippen LogP contribution in [-0.4, -0.2) is 63.8 Å². The van der Waals surface area contributed by atoms with Crippen LogP contribution in [0, 0.1) is 13.8 Å². The van der Waals surface area contributed by atoms with Gasteiger partial charge in [0.1, 0.15) is 0 Å². The van der Waals surface area contributed by atoms with Gasteiger partial charge in [-0.1, -0.05) is 19.3 Å². The van der Waals surface area contributed by atoms with Crippen LogP contribution in [0.25, 0.3) is 0 Å². The number of carbonyl (C=O) groups is 1. The van der Waals surface area contributed by atoms with Gasteiger partial charge in [-0.05, 0) is 57.0 Å². The lowest BCUT2D eigenvalue weighted by Crippen LogP contribution is -2.39. The first-order chi connectivity index (χ1) is 12.6. The third kappa shape index (κ3) is 5.30. The van der Waals surface area contributed by atoms with Crippen LogP contribution in [0.3, 0.4) is 0 Å². The summed E-state index contributed by atoms with van der Waals surface area (Å²) in [6.45, 7) is 4.95. The van der Waals surface area contributed by atoms with E-state index in [9.17, 15) is 13.2 Å². The Kier molecular flexibility index (Phi) is 7.42. The first kappa shape index (κ1) is 21.9. The maximum absolute atomic E-state index is 12.6. The summed E-state index contributed by atoms with van der Waals surface area (Å²) in [5.41, 5.74) is 1.86. The third-order valence-corrected chi connectivity index (χ3v) is 7.53. The van der Waals surface area contributed by atoms with Crippen molar-refractivity contribution in [2.75, 3.05) is 34.2 Å². The number of benzene rings is 1. The minimum Gasteiger partial charge on any atom is -0.351 e. The van der Waals surface area contributed by atoms with Crippen molar-refractivity contribution in [1.29, 1.82) is 0 Å². The van der Waals surface area contributed by atoms with E-state index in [2.05, 4.69) is 17.3 Å². The third-order valence-electron chi connectivity index (χ3n) is 5.59. The molecule has 1 fully saturated rings. The van der Waals surface area contributed by atoms with E-state index >= 15 is 0 Å². The topological polar surface area (TPSA) is 69.7 Å². The zero-order valence-electron chi connectivity index (χ0n) is 17.2. The Labute approximate surface area is 164 Å². The van der Waals surface area contributed by atoms with Gasteiger partial charge in [0.15, 0.2) is 0 Å². The molecule has 2 rings (SSSR count). The Morgan fingerprint density at radius 2 is 1.74 bits per heavy atom. The summed E-state index contributed by atoms with van der Waals surface area (Å²) in [5, 5.41) is 2.93. The number of carbonyl (C=O) groups excluding carboxylic acids is 1. The Morgan fingerprint density at radius 1 is 1.11 bits per heavy atom. The number of amides is 1. The summed E-state index contributed by atoms with van der Waals surface area (Å²) in [6.07, 6.45) is 6.35. The van der Waals surface area contributed by atoms with Gasteiger partial charge in [-0.3, -0.25) is 4.79 Å². The van der Waals surface area contributed by atoms with Crippen LogP contribution in [0.2, 0.25) is 0 Å². The number of hydrogen-bond acceptors (Lipinski definition) is 4. The molecule has 27 heavy (non-hydrogen) atoms. The van der Waals surface area contributed by atoms with Gasteiger partial charge >= 0.3 is 0 Å². The van der Waals surface area contributed by atoms with Crippen molar-refractivity contribution < 1.29 is 13.2 Å². The standard InChI is InChI=1S/C20H33N3O3S/c1-15-13-17(14-19(16(15)2)27(25,26)22(3)4)20(24)21-11-12-23(5)18-9-7-6-8-10-18/h13-14,18H,6-12H2,1-5H3,(H,21,24). The second-order valence-corrected chi connectivity index (χ2v) is 9.85. The molecule has 0 spiro atoms. The van der Waals surface area contributed by atoms with E-state index in [1.165, 1.54) is 56.6 Å². The zero-order chi connectivity index (χ0) is 20.2. The average Bonchev–Trinajstić information content (AvgIpc) is 2.63. The first-order valence-electron chi connectivity index (χ1n) is 9.66. The number of hydrogen-bond donors (Lipinski definition) is 1. The first-order valence-corrected chi connectivity index (χ1v) is 11.1. The van der Waals surface area contributed by atoms with Crippen LogP contribution in [-0.2, 0) is 10.0 Å². The lowest BCUT2D eigenvalue weighted by molar-refractivity contribution is 0.0944. The summed E-state index contributed by atoms with van der Waals surface area (Å²) in [5.74, 6) is -0.231. The highest BCUT2D eigenvalue weighted by Gasteiger charge is 2.23. The van der Waals surface area contributed by atoms with Crippen molar-refractivity contribution in [1.82, 2.24) is 14.5 Å². The summed E-state index contributed by atoms with van der Waals surface area (Å²) in [7, 11) is 1.52. The van der Waals surface area contributed by atoms with Crippen LogP contribution in [0.1, 0.15) is 53.6 Å². The molecule has 0 unspecified atom stereocenters. The fraction of sp³-hybridized carbons (Fsp3) is 0.650. The second-order valence-electron chi connectivity index (χ2n) is 7.73. The number of nitrogens with one attached hydrogen (secondary N) is 1. The smallest absolute Gasteiger partial charge is 0.251 e. The van der Waals surface area contributed by atoms with E-state index < -0.39 is 10.0 Å². The van der Waals surface area contributed by atoms with Crippen molar-refractivity contribution in [2.45, 2.75) is 56.9 Å². The van der Waals surface area contributed by atoms with Gasteiger partial charge in [-0.2, -0.15) is 0 Å². The fourth-order valence-electron chi connectivity index (χ4n) is 3.57.